The van der Waals surface area contributed by atoms with Gasteiger partial charge in [-0.3, -0.25) is 9.59 Å². The second-order valence-corrected chi connectivity index (χ2v) is 5.16. The molecular weight excluding hydrogens is 286 g/mol. The van der Waals surface area contributed by atoms with Crippen molar-refractivity contribution >= 4 is 11.9 Å². The Kier molecular flexibility index (Phi) is 6.69. The van der Waals surface area contributed by atoms with Crippen LogP contribution in [0.2, 0.25) is 0 Å². The fourth-order valence-corrected chi connectivity index (χ4v) is 1.99. The molecule has 1 rings (SSSR count). The van der Waals surface area contributed by atoms with Gasteiger partial charge in [-0.2, -0.15) is 0 Å². The van der Waals surface area contributed by atoms with E-state index >= 15 is 0 Å². The summed E-state index contributed by atoms with van der Waals surface area (Å²) in [6.07, 6.45) is 0.737. The second-order valence-electron chi connectivity index (χ2n) is 5.16. The Balaban J connectivity index is 2.62. The van der Waals surface area contributed by atoms with Crippen LogP contribution in [0, 0.1) is 5.92 Å². The van der Waals surface area contributed by atoms with E-state index in [4.69, 9.17) is 14.6 Å². The molecule has 0 heterocycles. The zero-order valence-electron chi connectivity index (χ0n) is 13.4. The van der Waals surface area contributed by atoms with Crippen LogP contribution in [-0.2, 0) is 16.0 Å². The molecule has 1 aromatic rings. The van der Waals surface area contributed by atoms with Crippen LogP contribution in [0.5, 0.6) is 11.5 Å². The lowest BCUT2D eigenvalue weighted by Gasteiger charge is -2.18. The van der Waals surface area contributed by atoms with Crippen molar-refractivity contribution in [3.05, 3.63) is 23.8 Å². The number of aryl methyl sites for hydroxylation is 1. The molecule has 2 atom stereocenters. The maximum Gasteiger partial charge on any atom is 0.308 e. The molecule has 6 heteroatoms. The van der Waals surface area contributed by atoms with Crippen LogP contribution < -0.4 is 14.8 Å². The van der Waals surface area contributed by atoms with Crippen molar-refractivity contribution in [3.63, 3.8) is 0 Å². The zero-order chi connectivity index (χ0) is 16.7. The summed E-state index contributed by atoms with van der Waals surface area (Å²) < 4.78 is 10.4. The van der Waals surface area contributed by atoms with Crippen molar-refractivity contribution in [3.8, 4) is 11.5 Å². The number of benzene rings is 1. The molecule has 0 fully saturated rings. The molecule has 6 nitrogen and oxygen atoms in total. The SMILES string of the molecule is COc1ccc(OC)c(CCC(=O)NC(C)C(C)C(=O)O)c1. The topological polar surface area (TPSA) is 84.9 Å². The first kappa shape index (κ1) is 17.8. The Bertz CT molecular complexity index is 529. The molecule has 0 aromatic heterocycles. The highest BCUT2D eigenvalue weighted by molar-refractivity contribution is 5.78. The van der Waals surface area contributed by atoms with E-state index in [9.17, 15) is 9.59 Å². The molecule has 0 aliphatic heterocycles. The van der Waals surface area contributed by atoms with Gasteiger partial charge in [0.25, 0.3) is 0 Å². The summed E-state index contributed by atoms with van der Waals surface area (Å²) in [5.41, 5.74) is 0.871. The number of nitrogens with one attached hydrogen (secondary N) is 1. The van der Waals surface area contributed by atoms with Gasteiger partial charge < -0.3 is 19.9 Å². The van der Waals surface area contributed by atoms with Gasteiger partial charge in [0.15, 0.2) is 0 Å². The van der Waals surface area contributed by atoms with Crippen LogP contribution in [0.1, 0.15) is 25.8 Å². The number of hydrogen-bond donors (Lipinski definition) is 2. The Morgan fingerprint density at radius 1 is 1.23 bits per heavy atom. The molecule has 0 saturated carbocycles. The molecule has 0 aliphatic carbocycles. The van der Waals surface area contributed by atoms with Crippen LogP contribution in [0.15, 0.2) is 18.2 Å². The van der Waals surface area contributed by atoms with E-state index in [1.807, 2.05) is 6.07 Å². The summed E-state index contributed by atoms with van der Waals surface area (Å²) in [7, 11) is 3.15. The average molecular weight is 309 g/mol. The number of ether oxygens (including phenoxy) is 2. The minimum Gasteiger partial charge on any atom is -0.497 e. The van der Waals surface area contributed by atoms with Gasteiger partial charge in [-0.05, 0) is 44.0 Å². The molecule has 1 aromatic carbocycles. The average Bonchev–Trinajstić information content (AvgIpc) is 2.51. The fourth-order valence-electron chi connectivity index (χ4n) is 1.99. The molecule has 0 bridgehead atoms. The first-order valence-electron chi connectivity index (χ1n) is 7.12. The maximum absolute atomic E-state index is 11.9. The lowest BCUT2D eigenvalue weighted by atomic mass is 10.0. The van der Waals surface area contributed by atoms with Gasteiger partial charge in [-0.15, -0.1) is 0 Å². The molecule has 1 amide bonds. The number of amides is 1. The molecule has 2 N–H and O–H groups in total. The Morgan fingerprint density at radius 2 is 1.91 bits per heavy atom. The van der Waals surface area contributed by atoms with E-state index in [-0.39, 0.29) is 12.3 Å². The van der Waals surface area contributed by atoms with Gasteiger partial charge >= 0.3 is 5.97 Å². The van der Waals surface area contributed by atoms with Crippen molar-refractivity contribution in [2.24, 2.45) is 5.92 Å². The highest BCUT2D eigenvalue weighted by Gasteiger charge is 2.20. The second kappa shape index (κ2) is 8.26. The number of carbonyl (C=O) groups excluding carboxylic acids is 1. The number of carbonyl (C=O) groups is 2. The van der Waals surface area contributed by atoms with Crippen LogP contribution in [0.25, 0.3) is 0 Å². The maximum atomic E-state index is 11.9. The van der Waals surface area contributed by atoms with Crippen LogP contribution in [0.3, 0.4) is 0 Å². The summed E-state index contributed by atoms with van der Waals surface area (Å²) in [5.74, 6) is -0.354. The van der Waals surface area contributed by atoms with Crippen molar-refractivity contribution < 1.29 is 24.2 Å². The van der Waals surface area contributed by atoms with Crippen LogP contribution in [-0.4, -0.2) is 37.2 Å². The van der Waals surface area contributed by atoms with Crippen molar-refractivity contribution in [1.82, 2.24) is 5.32 Å². The summed E-state index contributed by atoms with van der Waals surface area (Å²) in [6, 6.07) is 4.99. The van der Waals surface area contributed by atoms with E-state index in [1.165, 1.54) is 0 Å². The number of carboxylic acids is 1. The number of aliphatic carboxylic acids is 1. The quantitative estimate of drug-likeness (QED) is 0.765. The minimum atomic E-state index is -0.928. The minimum absolute atomic E-state index is 0.189. The number of rotatable bonds is 8. The first-order chi connectivity index (χ1) is 10.4. The van der Waals surface area contributed by atoms with E-state index in [1.54, 1.807) is 40.2 Å². The predicted octanol–water partition coefficient (Wildman–Crippen LogP) is 1.86. The highest BCUT2D eigenvalue weighted by Crippen LogP contribution is 2.25. The van der Waals surface area contributed by atoms with E-state index in [0.717, 1.165) is 5.56 Å². The summed E-state index contributed by atoms with van der Waals surface area (Å²) in [6.45, 7) is 3.25. The number of hydrogen-bond acceptors (Lipinski definition) is 4. The third-order valence-corrected chi connectivity index (χ3v) is 3.64. The Labute approximate surface area is 130 Å². The summed E-state index contributed by atoms with van der Waals surface area (Å²) >= 11 is 0. The Hall–Kier alpha value is -2.24. The first-order valence-corrected chi connectivity index (χ1v) is 7.12. The van der Waals surface area contributed by atoms with E-state index in [2.05, 4.69) is 5.32 Å². The molecule has 22 heavy (non-hydrogen) atoms. The third-order valence-electron chi connectivity index (χ3n) is 3.64. The van der Waals surface area contributed by atoms with Gasteiger partial charge in [0.05, 0.1) is 20.1 Å². The molecule has 0 spiro atoms. The normalized spacial score (nSPS) is 13.1. The standard InChI is InChI=1S/C16H23NO5/c1-10(16(19)20)11(2)17-15(18)8-5-12-9-13(21-3)6-7-14(12)22-4/h6-7,9-11H,5,8H2,1-4H3,(H,17,18)(H,19,20). The molecule has 2 unspecified atom stereocenters. The van der Waals surface area contributed by atoms with Crippen LogP contribution in [0.4, 0.5) is 0 Å². The van der Waals surface area contributed by atoms with Crippen LogP contribution >= 0.6 is 0 Å². The monoisotopic (exact) mass is 309 g/mol. The zero-order valence-corrected chi connectivity index (χ0v) is 13.4. The number of methoxy groups -OCH3 is 2. The molecule has 122 valence electrons. The lowest BCUT2D eigenvalue weighted by molar-refractivity contribution is -0.142. The molecule has 0 saturated heterocycles. The predicted molar refractivity (Wildman–Crippen MR) is 82.3 cm³/mol. The molecule has 0 radical (unpaired) electrons. The Morgan fingerprint density at radius 3 is 2.45 bits per heavy atom. The van der Waals surface area contributed by atoms with Gasteiger partial charge in [0, 0.05) is 12.5 Å². The molecule has 0 aliphatic rings. The third kappa shape index (κ3) is 4.95. The van der Waals surface area contributed by atoms with Crippen molar-refractivity contribution in [2.45, 2.75) is 32.7 Å². The fraction of sp³-hybridized carbons (Fsp3) is 0.500. The van der Waals surface area contributed by atoms with Gasteiger partial charge in [0.1, 0.15) is 11.5 Å². The molecular formula is C16H23NO5. The van der Waals surface area contributed by atoms with Gasteiger partial charge in [-0.25, -0.2) is 0 Å². The van der Waals surface area contributed by atoms with Gasteiger partial charge in [-0.1, -0.05) is 0 Å². The lowest BCUT2D eigenvalue weighted by Crippen LogP contribution is -2.40. The number of carboxylic acid groups (broad SMARTS) is 1. The summed E-state index contributed by atoms with van der Waals surface area (Å²) in [5, 5.41) is 11.6. The van der Waals surface area contributed by atoms with E-state index in [0.29, 0.717) is 17.9 Å². The highest BCUT2D eigenvalue weighted by atomic mass is 16.5. The smallest absolute Gasteiger partial charge is 0.308 e. The van der Waals surface area contributed by atoms with Crippen molar-refractivity contribution in [1.29, 1.82) is 0 Å². The largest absolute Gasteiger partial charge is 0.497 e. The van der Waals surface area contributed by atoms with Crippen molar-refractivity contribution in [2.75, 3.05) is 14.2 Å². The van der Waals surface area contributed by atoms with E-state index < -0.39 is 17.9 Å². The summed E-state index contributed by atoms with van der Waals surface area (Å²) in [4.78, 5) is 22.8. The van der Waals surface area contributed by atoms with Gasteiger partial charge in [0.2, 0.25) is 5.91 Å².